The van der Waals surface area contributed by atoms with Gasteiger partial charge < -0.3 is 14.8 Å². The minimum Gasteiger partial charge on any atom is -0.497 e. The number of nitrogens with zero attached hydrogens (tertiary/aromatic N) is 1. The molecule has 4 nitrogen and oxygen atoms in total. The minimum atomic E-state index is 0.626. The van der Waals surface area contributed by atoms with E-state index in [4.69, 9.17) is 9.47 Å². The van der Waals surface area contributed by atoms with E-state index in [1.165, 1.54) is 0 Å². The zero-order valence-corrected chi connectivity index (χ0v) is 12.8. The molecule has 21 heavy (non-hydrogen) atoms. The van der Waals surface area contributed by atoms with Gasteiger partial charge in [0.1, 0.15) is 17.2 Å². The van der Waals surface area contributed by atoms with Gasteiger partial charge in [0.25, 0.3) is 0 Å². The van der Waals surface area contributed by atoms with Crippen molar-refractivity contribution >= 4 is 0 Å². The highest BCUT2D eigenvalue weighted by Gasteiger charge is 2.02. The van der Waals surface area contributed by atoms with Gasteiger partial charge in [-0.05, 0) is 30.7 Å². The van der Waals surface area contributed by atoms with Crippen LogP contribution in [0, 0.1) is 5.92 Å². The fraction of sp³-hybridized carbons (Fsp3) is 0.353. The summed E-state index contributed by atoms with van der Waals surface area (Å²) in [4.78, 5) is 4.34. The number of benzene rings is 1. The molecule has 0 spiro atoms. The first-order valence-electron chi connectivity index (χ1n) is 7.15. The number of hydrogen-bond donors (Lipinski definition) is 1. The summed E-state index contributed by atoms with van der Waals surface area (Å²) in [5.41, 5.74) is 0.969. The summed E-state index contributed by atoms with van der Waals surface area (Å²) in [6.07, 6.45) is 1.77. The Balaban J connectivity index is 1.99. The van der Waals surface area contributed by atoms with Crippen LogP contribution in [-0.2, 0) is 6.54 Å². The highest BCUT2D eigenvalue weighted by molar-refractivity contribution is 5.36. The summed E-state index contributed by atoms with van der Waals surface area (Å²) < 4.78 is 11.0. The number of pyridine rings is 1. The van der Waals surface area contributed by atoms with Gasteiger partial charge >= 0.3 is 0 Å². The van der Waals surface area contributed by atoms with Crippen LogP contribution in [0.15, 0.2) is 42.6 Å². The lowest BCUT2D eigenvalue weighted by atomic mass is 10.2. The molecule has 2 rings (SSSR count). The van der Waals surface area contributed by atoms with Crippen molar-refractivity contribution in [3.63, 3.8) is 0 Å². The summed E-state index contributed by atoms with van der Waals surface area (Å²) in [5, 5.41) is 3.37. The third kappa shape index (κ3) is 5.08. The first kappa shape index (κ1) is 15.3. The second kappa shape index (κ2) is 7.64. The van der Waals surface area contributed by atoms with Gasteiger partial charge in [0, 0.05) is 24.9 Å². The van der Waals surface area contributed by atoms with Crippen LogP contribution in [0.25, 0.3) is 0 Å². The number of hydrogen-bond acceptors (Lipinski definition) is 4. The summed E-state index contributed by atoms with van der Waals surface area (Å²) in [6.45, 7) is 6.08. The fourth-order valence-corrected chi connectivity index (χ4v) is 1.91. The highest BCUT2D eigenvalue weighted by Crippen LogP contribution is 2.25. The van der Waals surface area contributed by atoms with E-state index in [-0.39, 0.29) is 0 Å². The van der Waals surface area contributed by atoms with E-state index in [1.807, 2.05) is 36.4 Å². The molecule has 0 amide bonds. The molecule has 4 heteroatoms. The Morgan fingerprint density at radius 3 is 2.62 bits per heavy atom. The lowest BCUT2D eigenvalue weighted by Gasteiger charge is -2.10. The van der Waals surface area contributed by atoms with Crippen LogP contribution >= 0.6 is 0 Å². The van der Waals surface area contributed by atoms with E-state index >= 15 is 0 Å². The first-order valence-corrected chi connectivity index (χ1v) is 7.15. The lowest BCUT2D eigenvalue weighted by molar-refractivity contribution is 0.409. The molecule has 0 saturated carbocycles. The summed E-state index contributed by atoms with van der Waals surface area (Å²) >= 11 is 0. The van der Waals surface area contributed by atoms with Crippen molar-refractivity contribution in [1.82, 2.24) is 10.3 Å². The van der Waals surface area contributed by atoms with Crippen LogP contribution in [-0.4, -0.2) is 18.6 Å². The van der Waals surface area contributed by atoms with Crippen LogP contribution in [0.1, 0.15) is 19.5 Å². The molecule has 0 bridgehead atoms. The van der Waals surface area contributed by atoms with E-state index in [0.717, 1.165) is 36.0 Å². The Kier molecular flexibility index (Phi) is 5.58. The number of aromatic nitrogens is 1. The molecule has 0 fully saturated rings. The number of methoxy groups -OCH3 is 1. The molecule has 1 aromatic carbocycles. The number of rotatable bonds is 7. The second-order valence-corrected chi connectivity index (χ2v) is 5.29. The standard InChI is InChI=1S/C17H22N2O2/c1-13(2)11-18-12-14-9-17(7-8-19-14)21-16-6-4-5-15(10-16)20-3/h4-10,13,18H,11-12H2,1-3H3. The topological polar surface area (TPSA) is 43.4 Å². The Morgan fingerprint density at radius 1 is 1.10 bits per heavy atom. The molecule has 0 radical (unpaired) electrons. The molecule has 1 N–H and O–H groups in total. The van der Waals surface area contributed by atoms with Crippen LogP contribution in [0.3, 0.4) is 0 Å². The van der Waals surface area contributed by atoms with Crippen LogP contribution in [0.4, 0.5) is 0 Å². The largest absolute Gasteiger partial charge is 0.497 e. The molecular weight excluding hydrogens is 264 g/mol. The van der Waals surface area contributed by atoms with Gasteiger partial charge in [-0.25, -0.2) is 0 Å². The van der Waals surface area contributed by atoms with Crippen LogP contribution in [0.5, 0.6) is 17.2 Å². The van der Waals surface area contributed by atoms with E-state index in [0.29, 0.717) is 5.92 Å². The molecule has 0 unspecified atom stereocenters. The Hall–Kier alpha value is -2.07. The molecule has 1 heterocycles. The predicted molar refractivity (Wildman–Crippen MR) is 83.8 cm³/mol. The van der Waals surface area contributed by atoms with Gasteiger partial charge in [-0.15, -0.1) is 0 Å². The average molecular weight is 286 g/mol. The third-order valence-corrected chi connectivity index (χ3v) is 2.92. The van der Waals surface area contributed by atoms with Gasteiger partial charge in [0.2, 0.25) is 0 Å². The third-order valence-electron chi connectivity index (χ3n) is 2.92. The van der Waals surface area contributed by atoms with Crippen molar-refractivity contribution < 1.29 is 9.47 Å². The maximum absolute atomic E-state index is 5.84. The van der Waals surface area contributed by atoms with Crippen molar-refractivity contribution in [3.05, 3.63) is 48.3 Å². The quantitative estimate of drug-likeness (QED) is 0.844. The predicted octanol–water partition coefficient (Wildman–Crippen LogP) is 3.63. The van der Waals surface area contributed by atoms with Crippen molar-refractivity contribution in [2.75, 3.05) is 13.7 Å². The van der Waals surface area contributed by atoms with Crippen molar-refractivity contribution in [2.45, 2.75) is 20.4 Å². The number of nitrogens with one attached hydrogen (secondary N) is 1. The van der Waals surface area contributed by atoms with Gasteiger partial charge in [-0.2, -0.15) is 0 Å². The van der Waals surface area contributed by atoms with Crippen LogP contribution in [0.2, 0.25) is 0 Å². The molecule has 0 aliphatic rings. The summed E-state index contributed by atoms with van der Waals surface area (Å²) in [6, 6.07) is 11.4. The van der Waals surface area contributed by atoms with E-state index in [2.05, 4.69) is 24.1 Å². The SMILES string of the molecule is COc1cccc(Oc2ccnc(CNCC(C)C)c2)c1. The van der Waals surface area contributed by atoms with Crippen molar-refractivity contribution in [3.8, 4) is 17.2 Å². The van der Waals surface area contributed by atoms with Crippen LogP contribution < -0.4 is 14.8 Å². The highest BCUT2D eigenvalue weighted by atomic mass is 16.5. The Labute approximate surface area is 126 Å². The fourth-order valence-electron chi connectivity index (χ4n) is 1.91. The zero-order valence-electron chi connectivity index (χ0n) is 12.8. The van der Waals surface area contributed by atoms with Crippen molar-refractivity contribution in [2.24, 2.45) is 5.92 Å². The maximum Gasteiger partial charge on any atom is 0.131 e. The maximum atomic E-state index is 5.84. The van der Waals surface area contributed by atoms with E-state index < -0.39 is 0 Å². The van der Waals surface area contributed by atoms with Gasteiger partial charge in [0.05, 0.1) is 12.8 Å². The molecule has 112 valence electrons. The number of ether oxygens (including phenoxy) is 2. The zero-order chi connectivity index (χ0) is 15.1. The second-order valence-electron chi connectivity index (χ2n) is 5.29. The average Bonchev–Trinajstić information content (AvgIpc) is 2.47. The monoisotopic (exact) mass is 286 g/mol. The van der Waals surface area contributed by atoms with Crippen molar-refractivity contribution in [1.29, 1.82) is 0 Å². The Bertz CT molecular complexity index is 570. The minimum absolute atomic E-state index is 0.626. The van der Waals surface area contributed by atoms with Gasteiger partial charge in [-0.3, -0.25) is 4.98 Å². The Morgan fingerprint density at radius 2 is 1.86 bits per heavy atom. The molecule has 0 atom stereocenters. The smallest absolute Gasteiger partial charge is 0.131 e. The molecular formula is C17H22N2O2. The molecule has 0 aliphatic carbocycles. The molecule has 0 saturated heterocycles. The molecule has 1 aromatic heterocycles. The molecule has 0 aliphatic heterocycles. The summed E-state index contributed by atoms with van der Waals surface area (Å²) in [5.74, 6) is 2.93. The normalized spacial score (nSPS) is 10.7. The molecule has 2 aromatic rings. The summed E-state index contributed by atoms with van der Waals surface area (Å²) in [7, 11) is 1.64. The lowest BCUT2D eigenvalue weighted by Crippen LogP contribution is -2.19. The first-order chi connectivity index (χ1) is 10.2. The van der Waals surface area contributed by atoms with Gasteiger partial charge in [0.15, 0.2) is 0 Å². The van der Waals surface area contributed by atoms with E-state index in [1.54, 1.807) is 13.3 Å². The van der Waals surface area contributed by atoms with Gasteiger partial charge in [-0.1, -0.05) is 19.9 Å². The van der Waals surface area contributed by atoms with E-state index in [9.17, 15) is 0 Å².